The molecule has 0 fully saturated rings. The summed E-state index contributed by atoms with van der Waals surface area (Å²) in [7, 11) is 0. The SMILES string of the molecule is CC(C)CC(C)Oc1ccc(N)cc1C(=O)O. The fourth-order valence-corrected chi connectivity index (χ4v) is 1.75. The molecule has 0 amide bonds. The van der Waals surface area contributed by atoms with Crippen molar-refractivity contribution in [1.29, 1.82) is 0 Å². The molecule has 1 unspecified atom stereocenters. The molecule has 0 heterocycles. The zero-order chi connectivity index (χ0) is 13.0. The molecular weight excluding hydrogens is 218 g/mol. The Morgan fingerprint density at radius 1 is 1.41 bits per heavy atom. The van der Waals surface area contributed by atoms with Crippen molar-refractivity contribution in [2.75, 3.05) is 5.73 Å². The van der Waals surface area contributed by atoms with E-state index in [4.69, 9.17) is 15.6 Å². The van der Waals surface area contributed by atoms with Crippen molar-refractivity contribution in [2.24, 2.45) is 5.92 Å². The fraction of sp³-hybridized carbons (Fsp3) is 0.462. The number of anilines is 1. The van der Waals surface area contributed by atoms with Gasteiger partial charge in [0.25, 0.3) is 0 Å². The second kappa shape index (κ2) is 5.57. The van der Waals surface area contributed by atoms with Crippen LogP contribution in [-0.2, 0) is 0 Å². The van der Waals surface area contributed by atoms with Gasteiger partial charge in [0.05, 0.1) is 6.10 Å². The molecule has 0 aliphatic carbocycles. The van der Waals surface area contributed by atoms with Crippen LogP contribution in [0.5, 0.6) is 5.75 Å². The molecule has 0 aliphatic rings. The number of carbonyl (C=O) groups is 1. The van der Waals surface area contributed by atoms with Crippen LogP contribution in [0, 0.1) is 5.92 Å². The first kappa shape index (κ1) is 13.4. The van der Waals surface area contributed by atoms with Crippen LogP contribution in [0.15, 0.2) is 18.2 Å². The van der Waals surface area contributed by atoms with Gasteiger partial charge < -0.3 is 15.6 Å². The molecule has 0 aromatic heterocycles. The summed E-state index contributed by atoms with van der Waals surface area (Å²) in [5.74, 6) is -0.143. The van der Waals surface area contributed by atoms with Gasteiger partial charge in [0.1, 0.15) is 11.3 Å². The number of nitrogen functional groups attached to an aromatic ring is 1. The molecule has 0 saturated heterocycles. The van der Waals surface area contributed by atoms with Gasteiger partial charge in [-0.25, -0.2) is 4.79 Å². The third kappa shape index (κ3) is 3.98. The number of ether oxygens (including phenoxy) is 1. The zero-order valence-corrected chi connectivity index (χ0v) is 10.4. The molecule has 1 rings (SSSR count). The predicted octanol–water partition coefficient (Wildman–Crippen LogP) is 2.78. The number of nitrogens with two attached hydrogens (primary N) is 1. The summed E-state index contributed by atoms with van der Waals surface area (Å²) in [6.07, 6.45) is 0.861. The van der Waals surface area contributed by atoms with Gasteiger partial charge in [0.2, 0.25) is 0 Å². The van der Waals surface area contributed by atoms with E-state index >= 15 is 0 Å². The predicted molar refractivity (Wildman–Crippen MR) is 67.4 cm³/mol. The summed E-state index contributed by atoms with van der Waals surface area (Å²) in [5, 5.41) is 9.05. The van der Waals surface area contributed by atoms with Crippen LogP contribution >= 0.6 is 0 Å². The Balaban J connectivity index is 2.86. The Morgan fingerprint density at radius 2 is 2.06 bits per heavy atom. The minimum absolute atomic E-state index is 0.0169. The number of carboxylic acid groups (broad SMARTS) is 1. The lowest BCUT2D eigenvalue weighted by molar-refractivity contribution is 0.0689. The normalized spacial score (nSPS) is 12.5. The van der Waals surface area contributed by atoms with Gasteiger partial charge in [-0.3, -0.25) is 0 Å². The first-order valence-corrected chi connectivity index (χ1v) is 5.69. The van der Waals surface area contributed by atoms with E-state index in [-0.39, 0.29) is 11.7 Å². The highest BCUT2D eigenvalue weighted by Gasteiger charge is 2.14. The summed E-state index contributed by atoms with van der Waals surface area (Å²) in [6.45, 7) is 6.13. The summed E-state index contributed by atoms with van der Waals surface area (Å²) >= 11 is 0. The summed E-state index contributed by atoms with van der Waals surface area (Å²) in [4.78, 5) is 11.0. The Hall–Kier alpha value is -1.71. The van der Waals surface area contributed by atoms with Gasteiger partial charge in [-0.1, -0.05) is 13.8 Å². The number of hydrogen-bond donors (Lipinski definition) is 2. The van der Waals surface area contributed by atoms with Gasteiger partial charge in [-0.05, 0) is 37.5 Å². The van der Waals surface area contributed by atoms with E-state index in [9.17, 15) is 4.79 Å². The highest BCUT2D eigenvalue weighted by molar-refractivity contribution is 5.92. The van der Waals surface area contributed by atoms with Crippen molar-refractivity contribution in [3.63, 3.8) is 0 Å². The van der Waals surface area contributed by atoms with Crippen molar-refractivity contribution in [2.45, 2.75) is 33.3 Å². The highest BCUT2D eigenvalue weighted by atomic mass is 16.5. The molecule has 1 atom stereocenters. The molecule has 0 radical (unpaired) electrons. The van der Waals surface area contributed by atoms with E-state index in [1.165, 1.54) is 6.07 Å². The quantitative estimate of drug-likeness (QED) is 0.772. The molecular formula is C13H19NO3. The molecule has 4 nitrogen and oxygen atoms in total. The van der Waals surface area contributed by atoms with Gasteiger partial charge in [-0.2, -0.15) is 0 Å². The largest absolute Gasteiger partial charge is 0.490 e. The van der Waals surface area contributed by atoms with Crippen molar-refractivity contribution in [3.8, 4) is 5.75 Å². The lowest BCUT2D eigenvalue weighted by Crippen LogP contribution is -2.16. The van der Waals surface area contributed by atoms with Crippen molar-refractivity contribution in [3.05, 3.63) is 23.8 Å². The molecule has 94 valence electrons. The summed E-state index contributed by atoms with van der Waals surface area (Å²) in [5.41, 5.74) is 6.09. The van der Waals surface area contributed by atoms with E-state index in [1.807, 2.05) is 6.92 Å². The van der Waals surface area contributed by atoms with Crippen molar-refractivity contribution >= 4 is 11.7 Å². The number of hydrogen-bond acceptors (Lipinski definition) is 3. The lowest BCUT2D eigenvalue weighted by Gasteiger charge is -2.18. The average Bonchev–Trinajstić information content (AvgIpc) is 2.19. The maximum atomic E-state index is 11.0. The van der Waals surface area contributed by atoms with E-state index in [0.717, 1.165) is 6.42 Å². The van der Waals surface area contributed by atoms with Gasteiger partial charge in [0, 0.05) is 5.69 Å². The highest BCUT2D eigenvalue weighted by Crippen LogP contribution is 2.23. The summed E-state index contributed by atoms with van der Waals surface area (Å²) < 4.78 is 5.64. The number of benzene rings is 1. The average molecular weight is 237 g/mol. The topological polar surface area (TPSA) is 72.5 Å². The van der Waals surface area contributed by atoms with Crippen LogP contribution in [0.4, 0.5) is 5.69 Å². The standard InChI is InChI=1S/C13H19NO3/c1-8(2)6-9(3)17-12-5-4-10(14)7-11(12)13(15)16/h4-5,7-9H,6,14H2,1-3H3,(H,15,16). The minimum Gasteiger partial charge on any atom is -0.490 e. The smallest absolute Gasteiger partial charge is 0.339 e. The van der Waals surface area contributed by atoms with E-state index in [0.29, 0.717) is 17.4 Å². The van der Waals surface area contributed by atoms with Crippen LogP contribution in [0.25, 0.3) is 0 Å². The molecule has 0 bridgehead atoms. The number of aromatic carboxylic acids is 1. The van der Waals surface area contributed by atoms with E-state index in [2.05, 4.69) is 13.8 Å². The third-order valence-corrected chi connectivity index (χ3v) is 2.37. The Bertz CT molecular complexity index is 402. The lowest BCUT2D eigenvalue weighted by atomic mass is 10.1. The molecule has 3 N–H and O–H groups in total. The molecule has 1 aromatic rings. The van der Waals surface area contributed by atoms with Crippen LogP contribution in [-0.4, -0.2) is 17.2 Å². The first-order chi connectivity index (χ1) is 7.90. The van der Waals surface area contributed by atoms with E-state index in [1.54, 1.807) is 12.1 Å². The van der Waals surface area contributed by atoms with Crippen LogP contribution in [0.3, 0.4) is 0 Å². The molecule has 4 heteroatoms. The molecule has 0 saturated carbocycles. The second-order valence-corrected chi connectivity index (χ2v) is 4.62. The number of carboxylic acids is 1. The van der Waals surface area contributed by atoms with Gasteiger partial charge in [-0.15, -0.1) is 0 Å². The molecule has 17 heavy (non-hydrogen) atoms. The van der Waals surface area contributed by atoms with Gasteiger partial charge >= 0.3 is 5.97 Å². The molecule has 1 aromatic carbocycles. The Kier molecular flexibility index (Phi) is 4.37. The maximum Gasteiger partial charge on any atom is 0.339 e. The van der Waals surface area contributed by atoms with Crippen LogP contribution < -0.4 is 10.5 Å². The van der Waals surface area contributed by atoms with Crippen LogP contribution in [0.1, 0.15) is 37.6 Å². The fourth-order valence-electron chi connectivity index (χ4n) is 1.75. The first-order valence-electron chi connectivity index (χ1n) is 5.69. The monoisotopic (exact) mass is 237 g/mol. The minimum atomic E-state index is -1.02. The second-order valence-electron chi connectivity index (χ2n) is 4.62. The maximum absolute atomic E-state index is 11.0. The molecule has 0 spiro atoms. The zero-order valence-electron chi connectivity index (χ0n) is 10.4. The molecule has 0 aliphatic heterocycles. The van der Waals surface area contributed by atoms with Crippen molar-refractivity contribution < 1.29 is 14.6 Å². The van der Waals surface area contributed by atoms with Gasteiger partial charge in [0.15, 0.2) is 0 Å². The summed E-state index contributed by atoms with van der Waals surface area (Å²) in [6, 6.07) is 4.67. The van der Waals surface area contributed by atoms with Crippen molar-refractivity contribution in [1.82, 2.24) is 0 Å². The Morgan fingerprint density at radius 3 is 2.59 bits per heavy atom. The Labute approximate surface area is 101 Å². The van der Waals surface area contributed by atoms with Crippen LogP contribution in [0.2, 0.25) is 0 Å². The third-order valence-electron chi connectivity index (χ3n) is 2.37. The van der Waals surface area contributed by atoms with E-state index < -0.39 is 5.97 Å². The number of rotatable bonds is 5.